The lowest BCUT2D eigenvalue weighted by Gasteiger charge is -2.19. The van der Waals surface area contributed by atoms with Crippen LogP contribution in [0.3, 0.4) is 0 Å². The molecule has 0 fully saturated rings. The lowest BCUT2D eigenvalue weighted by molar-refractivity contribution is -0.0299. The van der Waals surface area contributed by atoms with Crippen molar-refractivity contribution in [2.45, 2.75) is 19.4 Å². The quantitative estimate of drug-likeness (QED) is 0.340. The van der Waals surface area contributed by atoms with Gasteiger partial charge in [-0.05, 0) is 6.42 Å². The van der Waals surface area contributed by atoms with Crippen molar-refractivity contribution in [1.29, 1.82) is 0 Å². The van der Waals surface area contributed by atoms with Gasteiger partial charge >= 0.3 is 0 Å². The molecular formula is C8H19NO4. The average molecular weight is 193 g/mol. The lowest BCUT2D eigenvalue weighted by Crippen LogP contribution is -2.36. The highest BCUT2D eigenvalue weighted by Gasteiger charge is 2.09. The van der Waals surface area contributed by atoms with E-state index in [-0.39, 0.29) is 26.6 Å². The zero-order valence-corrected chi connectivity index (χ0v) is 8.02. The van der Waals surface area contributed by atoms with Gasteiger partial charge in [0.05, 0.1) is 26.2 Å². The highest BCUT2D eigenvalue weighted by atomic mass is 16.5. The van der Waals surface area contributed by atoms with Crippen LogP contribution >= 0.6 is 0 Å². The van der Waals surface area contributed by atoms with Gasteiger partial charge in [-0.1, -0.05) is 6.92 Å². The molecule has 3 N–H and O–H groups in total. The van der Waals surface area contributed by atoms with Crippen LogP contribution in [-0.2, 0) is 4.74 Å². The third kappa shape index (κ3) is 6.92. The van der Waals surface area contributed by atoms with Crippen molar-refractivity contribution in [3.63, 3.8) is 0 Å². The summed E-state index contributed by atoms with van der Waals surface area (Å²) >= 11 is 0. The summed E-state index contributed by atoms with van der Waals surface area (Å²) in [5.74, 6) is 0. The molecule has 0 rings (SSSR count). The highest BCUT2D eigenvalue weighted by Crippen LogP contribution is 1.92. The lowest BCUT2D eigenvalue weighted by atomic mass is 10.3. The Hall–Kier alpha value is -0.200. The summed E-state index contributed by atoms with van der Waals surface area (Å²) < 4.78 is 5.09. The second-order valence-corrected chi connectivity index (χ2v) is 2.86. The Morgan fingerprint density at radius 3 is 2.38 bits per heavy atom. The standard InChI is InChI=1S/C8H19NO4/c1-2-3-13-5-8(12)4-9(6-10)7-11/h8,10-12H,2-7H2,1H3. The summed E-state index contributed by atoms with van der Waals surface area (Å²) in [5, 5.41) is 26.6. The molecule has 0 saturated heterocycles. The molecule has 80 valence electrons. The van der Waals surface area contributed by atoms with Crippen LogP contribution in [0.5, 0.6) is 0 Å². The van der Waals surface area contributed by atoms with Crippen molar-refractivity contribution < 1.29 is 20.1 Å². The molecule has 0 aliphatic heterocycles. The topological polar surface area (TPSA) is 73.2 Å². The minimum atomic E-state index is -0.661. The van der Waals surface area contributed by atoms with E-state index in [0.717, 1.165) is 6.42 Å². The Morgan fingerprint density at radius 2 is 1.92 bits per heavy atom. The SMILES string of the molecule is CCCOCC(O)CN(CO)CO. The van der Waals surface area contributed by atoms with Crippen molar-refractivity contribution in [2.75, 3.05) is 33.2 Å². The van der Waals surface area contributed by atoms with E-state index in [1.807, 2.05) is 6.92 Å². The second kappa shape index (κ2) is 8.40. The maximum atomic E-state index is 9.32. The van der Waals surface area contributed by atoms with Crippen LogP contribution in [0.4, 0.5) is 0 Å². The number of rotatable bonds is 8. The molecule has 5 nitrogen and oxygen atoms in total. The van der Waals surface area contributed by atoms with Gasteiger partial charge in [-0.2, -0.15) is 0 Å². The maximum Gasteiger partial charge on any atom is 0.0975 e. The molecule has 0 aromatic heterocycles. The van der Waals surface area contributed by atoms with Gasteiger partial charge in [-0.15, -0.1) is 0 Å². The molecule has 13 heavy (non-hydrogen) atoms. The van der Waals surface area contributed by atoms with E-state index in [2.05, 4.69) is 0 Å². The maximum absolute atomic E-state index is 9.32. The predicted molar refractivity (Wildman–Crippen MR) is 48.0 cm³/mol. The molecule has 0 aromatic carbocycles. The van der Waals surface area contributed by atoms with E-state index in [1.54, 1.807) is 0 Å². The van der Waals surface area contributed by atoms with Gasteiger partial charge < -0.3 is 20.1 Å². The predicted octanol–water partition coefficient (Wildman–Crippen LogP) is -1.02. The van der Waals surface area contributed by atoms with Crippen LogP contribution in [0.15, 0.2) is 0 Å². The second-order valence-electron chi connectivity index (χ2n) is 2.86. The minimum absolute atomic E-state index is 0.219. The fraction of sp³-hybridized carbons (Fsp3) is 1.00. The van der Waals surface area contributed by atoms with E-state index in [9.17, 15) is 5.11 Å². The molecule has 1 unspecified atom stereocenters. The molecule has 0 aromatic rings. The number of nitrogens with zero attached hydrogens (tertiary/aromatic N) is 1. The van der Waals surface area contributed by atoms with Crippen molar-refractivity contribution in [2.24, 2.45) is 0 Å². The first-order valence-corrected chi connectivity index (χ1v) is 4.44. The summed E-state index contributed by atoms with van der Waals surface area (Å²) in [6.45, 7) is 2.54. The summed E-state index contributed by atoms with van der Waals surface area (Å²) in [5.41, 5.74) is 0. The molecule has 0 saturated carbocycles. The molecule has 0 heterocycles. The Balaban J connectivity index is 3.42. The van der Waals surface area contributed by atoms with Crippen LogP contribution in [0, 0.1) is 0 Å². The number of hydrogen-bond donors (Lipinski definition) is 3. The smallest absolute Gasteiger partial charge is 0.0975 e. The normalized spacial score (nSPS) is 13.6. The van der Waals surface area contributed by atoms with Crippen LogP contribution in [-0.4, -0.2) is 59.5 Å². The first kappa shape index (κ1) is 12.8. The third-order valence-electron chi connectivity index (χ3n) is 1.53. The fourth-order valence-corrected chi connectivity index (χ4v) is 0.875. The third-order valence-corrected chi connectivity index (χ3v) is 1.53. The summed E-state index contributed by atoms with van der Waals surface area (Å²) in [4.78, 5) is 1.31. The van der Waals surface area contributed by atoms with Gasteiger partial charge in [0.25, 0.3) is 0 Å². The molecule has 0 spiro atoms. The first-order chi connectivity index (χ1) is 6.24. The summed E-state index contributed by atoms with van der Waals surface area (Å²) in [6.07, 6.45) is 0.252. The van der Waals surface area contributed by atoms with Gasteiger partial charge in [0.2, 0.25) is 0 Å². The van der Waals surface area contributed by atoms with Crippen molar-refractivity contribution in [1.82, 2.24) is 4.90 Å². The van der Waals surface area contributed by atoms with Crippen LogP contribution in [0.1, 0.15) is 13.3 Å². The number of ether oxygens (including phenoxy) is 1. The molecule has 0 bridgehead atoms. The average Bonchev–Trinajstić information content (AvgIpc) is 2.14. The minimum Gasteiger partial charge on any atom is -0.389 e. The number of aliphatic hydroxyl groups is 3. The van der Waals surface area contributed by atoms with Crippen molar-refractivity contribution in [3.05, 3.63) is 0 Å². The molecule has 0 radical (unpaired) electrons. The van der Waals surface area contributed by atoms with Crippen LogP contribution in [0.2, 0.25) is 0 Å². The van der Waals surface area contributed by atoms with Gasteiger partial charge in [0.1, 0.15) is 0 Å². The Morgan fingerprint density at radius 1 is 1.31 bits per heavy atom. The summed E-state index contributed by atoms with van der Waals surface area (Å²) in [6, 6.07) is 0. The zero-order valence-electron chi connectivity index (χ0n) is 8.02. The fourth-order valence-electron chi connectivity index (χ4n) is 0.875. The largest absolute Gasteiger partial charge is 0.389 e. The Bertz CT molecular complexity index is 108. The van der Waals surface area contributed by atoms with Crippen molar-refractivity contribution >= 4 is 0 Å². The molecule has 5 heteroatoms. The van der Waals surface area contributed by atoms with Crippen LogP contribution in [0.25, 0.3) is 0 Å². The van der Waals surface area contributed by atoms with Crippen LogP contribution < -0.4 is 0 Å². The van der Waals surface area contributed by atoms with Gasteiger partial charge in [-0.3, -0.25) is 4.90 Å². The van der Waals surface area contributed by atoms with Gasteiger partial charge in [0, 0.05) is 13.2 Å². The number of aliphatic hydroxyl groups excluding tert-OH is 3. The molecule has 0 aliphatic rings. The van der Waals surface area contributed by atoms with Gasteiger partial charge in [-0.25, -0.2) is 0 Å². The Labute approximate surface area is 78.5 Å². The van der Waals surface area contributed by atoms with E-state index in [4.69, 9.17) is 14.9 Å². The first-order valence-electron chi connectivity index (χ1n) is 4.44. The van der Waals surface area contributed by atoms with E-state index < -0.39 is 6.10 Å². The van der Waals surface area contributed by atoms with E-state index in [1.165, 1.54) is 4.90 Å². The monoisotopic (exact) mass is 193 g/mol. The Kier molecular flexibility index (Phi) is 8.27. The molecule has 1 atom stereocenters. The van der Waals surface area contributed by atoms with E-state index >= 15 is 0 Å². The van der Waals surface area contributed by atoms with Gasteiger partial charge in [0.15, 0.2) is 0 Å². The highest BCUT2D eigenvalue weighted by molar-refractivity contribution is 4.58. The summed E-state index contributed by atoms with van der Waals surface area (Å²) in [7, 11) is 0. The molecule has 0 aliphatic carbocycles. The van der Waals surface area contributed by atoms with E-state index in [0.29, 0.717) is 6.61 Å². The van der Waals surface area contributed by atoms with Crippen molar-refractivity contribution in [3.8, 4) is 0 Å². The zero-order chi connectivity index (χ0) is 10.1. The number of hydrogen-bond acceptors (Lipinski definition) is 5. The molecule has 0 amide bonds. The molecular weight excluding hydrogens is 174 g/mol.